The number of likely N-dealkylation sites (N-methyl/N-ethyl adjacent to an activating group) is 1. The van der Waals surface area contributed by atoms with E-state index in [1.807, 2.05) is 19.0 Å². The van der Waals surface area contributed by atoms with E-state index in [-0.39, 0.29) is 11.6 Å². The van der Waals surface area contributed by atoms with Crippen LogP contribution < -0.4 is 11.2 Å². The molecule has 0 radical (unpaired) electrons. The van der Waals surface area contributed by atoms with Crippen LogP contribution >= 0.6 is 0 Å². The molecule has 0 amide bonds. The van der Waals surface area contributed by atoms with Crippen molar-refractivity contribution in [3.8, 4) is 0 Å². The number of H-pyrrole nitrogens is 1. The number of aromatic nitrogens is 2. The van der Waals surface area contributed by atoms with Crippen molar-refractivity contribution in [2.24, 2.45) is 0 Å². The van der Waals surface area contributed by atoms with E-state index in [1.54, 1.807) is 0 Å². The van der Waals surface area contributed by atoms with E-state index in [0.29, 0.717) is 6.61 Å². The van der Waals surface area contributed by atoms with Gasteiger partial charge in [0.05, 0.1) is 13.2 Å². The molecule has 1 aromatic heterocycles. The highest BCUT2D eigenvalue weighted by atomic mass is 28.4. The van der Waals surface area contributed by atoms with E-state index in [0.717, 1.165) is 6.54 Å². The Bertz CT molecular complexity index is 785. The van der Waals surface area contributed by atoms with E-state index in [9.17, 15) is 14.7 Å². The van der Waals surface area contributed by atoms with Crippen LogP contribution in [0.4, 0.5) is 0 Å². The van der Waals surface area contributed by atoms with Crippen LogP contribution in [0.5, 0.6) is 0 Å². The van der Waals surface area contributed by atoms with Crippen molar-refractivity contribution in [1.29, 1.82) is 0 Å². The Morgan fingerprint density at radius 1 is 1.31 bits per heavy atom. The molecule has 1 aliphatic heterocycles. The number of hydrogen-bond donors (Lipinski definition) is 2. The van der Waals surface area contributed by atoms with Gasteiger partial charge in [-0.1, -0.05) is 20.8 Å². The molecule has 2 heterocycles. The highest BCUT2D eigenvalue weighted by molar-refractivity contribution is 6.74. The summed E-state index contributed by atoms with van der Waals surface area (Å²) < 4.78 is 19.4. The van der Waals surface area contributed by atoms with Crippen LogP contribution in [0, 0.1) is 0 Å². The fourth-order valence-electron chi connectivity index (χ4n) is 2.80. The lowest BCUT2D eigenvalue weighted by atomic mass is 10.1. The maximum Gasteiger partial charge on any atom is 0.330 e. The van der Waals surface area contributed by atoms with E-state index < -0.39 is 44.1 Å². The molecular formula is C19H35N3O6Si. The van der Waals surface area contributed by atoms with Crippen LogP contribution in [0.25, 0.3) is 0 Å². The maximum atomic E-state index is 12.3. The first-order chi connectivity index (χ1) is 13.3. The Morgan fingerprint density at radius 3 is 2.52 bits per heavy atom. The summed E-state index contributed by atoms with van der Waals surface area (Å²) >= 11 is 0. The molecule has 10 heteroatoms. The lowest BCUT2D eigenvalue weighted by Crippen LogP contribution is -2.49. The fraction of sp³-hybridized carbons (Fsp3) is 0.789. The van der Waals surface area contributed by atoms with Crippen LogP contribution in [-0.2, 0) is 13.9 Å². The third-order valence-corrected chi connectivity index (χ3v) is 10.1. The van der Waals surface area contributed by atoms with Crippen molar-refractivity contribution in [2.75, 3.05) is 33.9 Å². The molecule has 1 fully saturated rings. The Hall–Kier alpha value is -1.30. The molecule has 1 saturated heterocycles. The van der Waals surface area contributed by atoms with Crippen LogP contribution in [0.15, 0.2) is 21.9 Å². The monoisotopic (exact) mass is 429 g/mol. The van der Waals surface area contributed by atoms with Gasteiger partial charge in [-0.2, -0.15) is 0 Å². The molecule has 4 atom stereocenters. The van der Waals surface area contributed by atoms with Gasteiger partial charge < -0.3 is 23.9 Å². The number of aliphatic hydroxyl groups excluding tert-OH is 1. The molecule has 1 unspecified atom stereocenters. The minimum Gasteiger partial charge on any atom is -0.407 e. The van der Waals surface area contributed by atoms with Crippen molar-refractivity contribution in [2.45, 2.75) is 63.4 Å². The second-order valence-corrected chi connectivity index (χ2v) is 14.1. The summed E-state index contributed by atoms with van der Waals surface area (Å²) in [5.74, 6) is 0. The first-order valence-electron chi connectivity index (χ1n) is 9.89. The van der Waals surface area contributed by atoms with Gasteiger partial charge in [0.25, 0.3) is 5.56 Å². The number of rotatable bonds is 8. The molecule has 29 heavy (non-hydrogen) atoms. The molecule has 1 aliphatic rings. The number of aliphatic hydroxyl groups is 1. The van der Waals surface area contributed by atoms with Crippen LogP contribution in [0.1, 0.15) is 27.0 Å². The van der Waals surface area contributed by atoms with Crippen LogP contribution in [0.3, 0.4) is 0 Å². The van der Waals surface area contributed by atoms with Gasteiger partial charge >= 0.3 is 5.69 Å². The fourth-order valence-corrected chi connectivity index (χ4v) is 4.09. The Balaban J connectivity index is 2.27. The number of nitrogens with one attached hydrogen (secondary N) is 1. The SMILES string of the molecule is CN(C)CCOC[C@H]1O[C@@H](n2ccc(=O)[nH]c2=O)[C@@H](O[Si](C)(C)C(C)(C)C)C1O. The number of hydrogen-bond acceptors (Lipinski definition) is 7. The zero-order valence-electron chi connectivity index (χ0n) is 18.5. The number of aromatic amines is 1. The lowest BCUT2D eigenvalue weighted by molar-refractivity contribution is -0.0684. The van der Waals surface area contributed by atoms with Crippen molar-refractivity contribution in [1.82, 2.24) is 14.5 Å². The summed E-state index contributed by atoms with van der Waals surface area (Å²) in [6.07, 6.45) is -1.84. The molecule has 1 aromatic rings. The molecule has 0 aromatic carbocycles. The summed E-state index contributed by atoms with van der Waals surface area (Å²) in [7, 11) is 1.63. The normalized spacial score (nSPS) is 25.7. The van der Waals surface area contributed by atoms with Gasteiger partial charge in [0.2, 0.25) is 0 Å². The largest absolute Gasteiger partial charge is 0.407 e. The third-order valence-electron chi connectivity index (χ3n) is 5.64. The second kappa shape index (κ2) is 9.23. The van der Waals surface area contributed by atoms with E-state index in [4.69, 9.17) is 13.9 Å². The van der Waals surface area contributed by atoms with Gasteiger partial charge in [-0.15, -0.1) is 0 Å². The second-order valence-electron chi connectivity index (χ2n) is 9.29. The smallest absolute Gasteiger partial charge is 0.330 e. The van der Waals surface area contributed by atoms with Gasteiger partial charge in [-0.25, -0.2) is 4.79 Å². The number of ether oxygens (including phenoxy) is 2. The molecule has 9 nitrogen and oxygen atoms in total. The predicted molar refractivity (Wildman–Crippen MR) is 113 cm³/mol. The Labute approximate surface area is 172 Å². The van der Waals surface area contributed by atoms with Gasteiger partial charge in [-0.05, 0) is 32.2 Å². The minimum absolute atomic E-state index is 0.0898. The molecule has 2 N–H and O–H groups in total. The zero-order chi connectivity index (χ0) is 22.0. The summed E-state index contributed by atoms with van der Waals surface area (Å²) in [4.78, 5) is 28.0. The van der Waals surface area contributed by atoms with Crippen molar-refractivity contribution in [3.05, 3.63) is 33.1 Å². The molecule has 0 saturated carbocycles. The molecule has 2 rings (SSSR count). The first kappa shape index (κ1) is 24.0. The number of nitrogens with zero attached hydrogens (tertiary/aromatic N) is 2. The maximum absolute atomic E-state index is 12.3. The third kappa shape index (κ3) is 5.86. The van der Waals surface area contributed by atoms with Gasteiger partial charge in [0.15, 0.2) is 14.5 Å². The zero-order valence-corrected chi connectivity index (χ0v) is 19.5. The van der Waals surface area contributed by atoms with Crippen molar-refractivity contribution < 1.29 is 19.0 Å². The average molecular weight is 430 g/mol. The molecule has 0 spiro atoms. The summed E-state index contributed by atoms with van der Waals surface area (Å²) in [6, 6.07) is 1.25. The highest BCUT2D eigenvalue weighted by Crippen LogP contribution is 2.41. The first-order valence-corrected chi connectivity index (χ1v) is 12.8. The predicted octanol–water partition coefficient (Wildman–Crippen LogP) is 0.764. The van der Waals surface area contributed by atoms with E-state index >= 15 is 0 Å². The van der Waals surface area contributed by atoms with E-state index in [2.05, 4.69) is 38.8 Å². The molecular weight excluding hydrogens is 394 g/mol. The minimum atomic E-state index is -2.27. The van der Waals surface area contributed by atoms with E-state index in [1.165, 1.54) is 16.8 Å². The Morgan fingerprint density at radius 2 is 1.97 bits per heavy atom. The summed E-state index contributed by atoms with van der Waals surface area (Å²) in [5, 5.41) is 10.9. The average Bonchev–Trinajstić information content (AvgIpc) is 2.86. The standard InChI is InChI=1S/C19H35N3O6Si/c1-19(2,3)29(6,7)28-16-15(24)13(12-26-11-10-21(4)5)27-17(16)22-9-8-14(23)20-18(22)25/h8-9,13,15-17,24H,10-12H2,1-7H3,(H,20,23,25)/t13-,15?,16+,17-/m1/s1. The van der Waals surface area contributed by atoms with Crippen LogP contribution in [-0.4, -0.2) is 80.0 Å². The highest BCUT2D eigenvalue weighted by Gasteiger charge is 2.50. The quantitative estimate of drug-likeness (QED) is 0.464. The summed E-state index contributed by atoms with van der Waals surface area (Å²) in [5.41, 5.74) is -1.09. The van der Waals surface area contributed by atoms with Gasteiger partial charge in [-0.3, -0.25) is 14.3 Å². The topological polar surface area (TPSA) is 106 Å². The van der Waals surface area contributed by atoms with Crippen LogP contribution in [0.2, 0.25) is 18.1 Å². The lowest BCUT2D eigenvalue weighted by Gasteiger charge is -2.40. The Kier molecular flexibility index (Phi) is 7.63. The van der Waals surface area contributed by atoms with Crippen molar-refractivity contribution >= 4 is 8.32 Å². The van der Waals surface area contributed by atoms with Crippen molar-refractivity contribution in [3.63, 3.8) is 0 Å². The van der Waals surface area contributed by atoms with Gasteiger partial charge in [0, 0.05) is 18.8 Å². The molecule has 166 valence electrons. The van der Waals surface area contributed by atoms with Gasteiger partial charge in [0.1, 0.15) is 18.3 Å². The molecule has 0 aliphatic carbocycles. The summed E-state index contributed by atoms with van der Waals surface area (Å²) in [6.45, 7) is 11.9. The molecule has 0 bridgehead atoms.